The van der Waals surface area contributed by atoms with Gasteiger partial charge in [0.15, 0.2) is 11.5 Å². The number of nitrogens with one attached hydrogen (secondary N) is 2. The smallest absolute Gasteiger partial charge is 0.416 e. The van der Waals surface area contributed by atoms with Crippen LogP contribution in [0.5, 0.6) is 17.2 Å². The second-order valence-electron chi connectivity index (χ2n) is 5.73. The van der Waals surface area contributed by atoms with Crippen molar-refractivity contribution in [2.24, 2.45) is 0 Å². The minimum Gasteiger partial charge on any atom is -0.496 e. The molecule has 0 aliphatic heterocycles. The van der Waals surface area contributed by atoms with Gasteiger partial charge in [-0.15, -0.1) is 0 Å². The summed E-state index contributed by atoms with van der Waals surface area (Å²) in [6, 6.07) is 7.22. The van der Waals surface area contributed by atoms with Gasteiger partial charge in [-0.1, -0.05) is 6.07 Å². The molecule has 2 amide bonds. The lowest BCUT2D eigenvalue weighted by Crippen LogP contribution is -2.30. The van der Waals surface area contributed by atoms with Crippen molar-refractivity contribution in [1.29, 1.82) is 0 Å². The van der Waals surface area contributed by atoms with Gasteiger partial charge in [0.2, 0.25) is 0 Å². The lowest BCUT2D eigenvalue weighted by Gasteiger charge is -2.14. The summed E-state index contributed by atoms with van der Waals surface area (Å²) in [5.74, 6) is 1.60. The Labute approximate surface area is 160 Å². The largest absolute Gasteiger partial charge is 0.496 e. The topological polar surface area (TPSA) is 68.8 Å². The van der Waals surface area contributed by atoms with Crippen molar-refractivity contribution < 1.29 is 32.2 Å². The first-order valence-electron chi connectivity index (χ1n) is 8.29. The summed E-state index contributed by atoms with van der Waals surface area (Å²) in [5, 5.41) is 4.98. The Bertz CT molecular complexity index is 825. The molecular weight excluding hydrogens is 377 g/mol. The first-order valence-corrected chi connectivity index (χ1v) is 8.29. The highest BCUT2D eigenvalue weighted by Crippen LogP contribution is 2.34. The molecule has 0 heterocycles. The molecular formula is C19H21F3N2O4. The normalized spacial score (nSPS) is 10.9. The highest BCUT2D eigenvalue weighted by atomic mass is 19.4. The van der Waals surface area contributed by atoms with Crippen LogP contribution in [0.15, 0.2) is 36.4 Å². The summed E-state index contributed by atoms with van der Waals surface area (Å²) >= 11 is 0. The van der Waals surface area contributed by atoms with E-state index in [4.69, 9.17) is 14.2 Å². The third-order valence-corrected chi connectivity index (χ3v) is 3.91. The Hall–Kier alpha value is -3.10. The summed E-state index contributed by atoms with van der Waals surface area (Å²) in [6.07, 6.45) is -4.06. The zero-order valence-corrected chi connectivity index (χ0v) is 15.6. The van der Waals surface area contributed by atoms with Crippen LogP contribution in [-0.2, 0) is 12.6 Å². The molecule has 0 fully saturated rings. The van der Waals surface area contributed by atoms with Crippen molar-refractivity contribution in [1.82, 2.24) is 5.32 Å². The van der Waals surface area contributed by atoms with Gasteiger partial charge in [-0.05, 0) is 36.2 Å². The second-order valence-corrected chi connectivity index (χ2v) is 5.73. The highest BCUT2D eigenvalue weighted by Gasteiger charge is 2.30. The summed E-state index contributed by atoms with van der Waals surface area (Å²) in [5.41, 5.74) is -0.00379. The average molecular weight is 398 g/mol. The van der Waals surface area contributed by atoms with E-state index in [2.05, 4.69) is 10.6 Å². The SMILES string of the molecule is COc1cc(OC)c(OC)cc1CCNC(=O)Nc1cccc(C(F)(F)F)c1. The molecule has 0 saturated heterocycles. The van der Waals surface area contributed by atoms with Crippen LogP contribution in [-0.4, -0.2) is 33.9 Å². The molecule has 2 aromatic rings. The fourth-order valence-electron chi connectivity index (χ4n) is 2.55. The zero-order chi connectivity index (χ0) is 20.7. The summed E-state index contributed by atoms with van der Waals surface area (Å²) in [6.45, 7) is 0.233. The Morgan fingerprint density at radius 1 is 0.964 bits per heavy atom. The van der Waals surface area contributed by atoms with E-state index in [9.17, 15) is 18.0 Å². The fourth-order valence-corrected chi connectivity index (χ4v) is 2.55. The van der Waals surface area contributed by atoms with E-state index in [0.29, 0.717) is 23.7 Å². The lowest BCUT2D eigenvalue weighted by atomic mass is 10.1. The third-order valence-electron chi connectivity index (χ3n) is 3.91. The van der Waals surface area contributed by atoms with Crippen molar-refractivity contribution >= 4 is 11.7 Å². The number of hydrogen-bond acceptors (Lipinski definition) is 4. The molecule has 0 aliphatic carbocycles. The molecule has 0 atom stereocenters. The number of hydrogen-bond donors (Lipinski definition) is 2. The molecule has 0 unspecified atom stereocenters. The van der Waals surface area contributed by atoms with Crippen molar-refractivity contribution in [3.05, 3.63) is 47.5 Å². The van der Waals surface area contributed by atoms with Crippen LogP contribution in [0.1, 0.15) is 11.1 Å². The van der Waals surface area contributed by atoms with E-state index in [1.165, 1.54) is 33.5 Å². The molecule has 0 bridgehead atoms. The molecule has 0 saturated carbocycles. The quantitative estimate of drug-likeness (QED) is 0.737. The van der Waals surface area contributed by atoms with Crippen molar-refractivity contribution in [2.75, 3.05) is 33.2 Å². The van der Waals surface area contributed by atoms with Gasteiger partial charge in [0.05, 0.1) is 26.9 Å². The number of alkyl halides is 3. The number of ether oxygens (including phenoxy) is 3. The van der Waals surface area contributed by atoms with Gasteiger partial charge in [-0.3, -0.25) is 0 Å². The van der Waals surface area contributed by atoms with Gasteiger partial charge in [0, 0.05) is 18.3 Å². The lowest BCUT2D eigenvalue weighted by molar-refractivity contribution is -0.137. The number of rotatable bonds is 7. The van der Waals surface area contributed by atoms with E-state index < -0.39 is 17.8 Å². The first kappa shape index (κ1) is 21.2. The molecule has 152 valence electrons. The summed E-state index contributed by atoms with van der Waals surface area (Å²) in [7, 11) is 4.53. The molecule has 0 aromatic heterocycles. The van der Waals surface area contributed by atoms with Gasteiger partial charge in [0.1, 0.15) is 5.75 Å². The Kier molecular flexibility index (Phi) is 6.97. The van der Waals surface area contributed by atoms with E-state index >= 15 is 0 Å². The monoisotopic (exact) mass is 398 g/mol. The zero-order valence-electron chi connectivity index (χ0n) is 15.6. The van der Waals surface area contributed by atoms with Crippen LogP contribution in [0.2, 0.25) is 0 Å². The molecule has 2 rings (SSSR count). The predicted octanol–water partition coefficient (Wildman–Crippen LogP) is 4.10. The maximum absolute atomic E-state index is 12.7. The van der Waals surface area contributed by atoms with Crippen LogP contribution in [0.4, 0.5) is 23.7 Å². The molecule has 0 aliphatic rings. The molecule has 6 nitrogen and oxygen atoms in total. The Balaban J connectivity index is 1.97. The van der Waals surface area contributed by atoms with E-state index in [1.54, 1.807) is 12.1 Å². The Morgan fingerprint density at radius 2 is 1.61 bits per heavy atom. The van der Waals surface area contributed by atoms with Crippen LogP contribution >= 0.6 is 0 Å². The summed E-state index contributed by atoms with van der Waals surface area (Å²) in [4.78, 5) is 12.0. The molecule has 9 heteroatoms. The van der Waals surface area contributed by atoms with E-state index in [-0.39, 0.29) is 12.2 Å². The number of methoxy groups -OCH3 is 3. The summed E-state index contributed by atoms with van der Waals surface area (Å²) < 4.78 is 53.9. The van der Waals surface area contributed by atoms with Gasteiger partial charge < -0.3 is 24.8 Å². The minimum absolute atomic E-state index is 0.0519. The number of urea groups is 1. The molecule has 28 heavy (non-hydrogen) atoms. The minimum atomic E-state index is -4.47. The third kappa shape index (κ3) is 5.45. The number of halogens is 3. The van der Waals surface area contributed by atoms with Gasteiger partial charge in [0.25, 0.3) is 0 Å². The van der Waals surface area contributed by atoms with Crippen molar-refractivity contribution in [2.45, 2.75) is 12.6 Å². The molecule has 0 radical (unpaired) electrons. The van der Waals surface area contributed by atoms with E-state index in [0.717, 1.165) is 17.7 Å². The van der Waals surface area contributed by atoms with Gasteiger partial charge >= 0.3 is 12.2 Å². The number of carbonyl (C=O) groups is 1. The number of benzene rings is 2. The number of carbonyl (C=O) groups excluding carboxylic acids is 1. The maximum Gasteiger partial charge on any atom is 0.416 e. The molecule has 2 N–H and O–H groups in total. The maximum atomic E-state index is 12.7. The average Bonchev–Trinajstić information content (AvgIpc) is 2.67. The second kappa shape index (κ2) is 9.20. The van der Waals surface area contributed by atoms with Crippen LogP contribution in [0, 0.1) is 0 Å². The fraction of sp³-hybridized carbons (Fsp3) is 0.316. The molecule has 0 spiro atoms. The van der Waals surface area contributed by atoms with Crippen molar-refractivity contribution in [3.8, 4) is 17.2 Å². The first-order chi connectivity index (χ1) is 13.3. The predicted molar refractivity (Wildman–Crippen MR) is 98.3 cm³/mol. The van der Waals surface area contributed by atoms with Crippen molar-refractivity contribution in [3.63, 3.8) is 0 Å². The van der Waals surface area contributed by atoms with Crippen LogP contribution in [0.3, 0.4) is 0 Å². The Morgan fingerprint density at radius 3 is 2.21 bits per heavy atom. The number of anilines is 1. The van der Waals surface area contributed by atoms with Gasteiger partial charge in [-0.2, -0.15) is 13.2 Å². The highest BCUT2D eigenvalue weighted by molar-refractivity contribution is 5.89. The number of amides is 2. The standard InChI is InChI=1S/C19H21F3N2O4/c1-26-15-11-17(28-3)16(27-2)9-12(15)7-8-23-18(25)24-14-6-4-5-13(10-14)19(20,21)22/h4-6,9-11H,7-8H2,1-3H3,(H2,23,24,25). The van der Waals surface area contributed by atoms with Gasteiger partial charge in [-0.25, -0.2) is 4.79 Å². The van der Waals surface area contributed by atoms with E-state index in [1.807, 2.05) is 0 Å². The van der Waals surface area contributed by atoms with Crippen LogP contribution < -0.4 is 24.8 Å². The van der Waals surface area contributed by atoms with Crippen LogP contribution in [0.25, 0.3) is 0 Å². The molecule has 2 aromatic carbocycles.